The molecule has 1 aliphatic carbocycles. The van der Waals surface area contributed by atoms with Gasteiger partial charge in [-0.1, -0.05) is 43.9 Å². The average molecular weight is 371 g/mol. The van der Waals surface area contributed by atoms with Gasteiger partial charge >= 0.3 is 0 Å². The van der Waals surface area contributed by atoms with E-state index in [-0.39, 0.29) is 0 Å². The van der Waals surface area contributed by atoms with Gasteiger partial charge in [-0.25, -0.2) is 0 Å². The summed E-state index contributed by atoms with van der Waals surface area (Å²) in [7, 11) is 1.77. The molecule has 0 radical (unpaired) electrons. The fourth-order valence-corrected chi connectivity index (χ4v) is 3.37. The number of benzene rings is 1. The Morgan fingerprint density at radius 3 is 2.67 bits per heavy atom. The molecule has 1 aliphatic rings. The molecule has 2 N–H and O–H groups in total. The molecule has 1 saturated carbocycles. The molecule has 2 aromatic rings. The summed E-state index contributed by atoms with van der Waals surface area (Å²) in [6.07, 6.45) is 9.83. The van der Waals surface area contributed by atoms with Crippen LogP contribution in [0, 0.1) is 0 Å². The lowest BCUT2D eigenvalue weighted by atomic mass is 10.1. The maximum Gasteiger partial charge on any atom is 0.191 e. The Labute approximate surface area is 161 Å². The van der Waals surface area contributed by atoms with Crippen molar-refractivity contribution < 1.29 is 4.74 Å². The number of aromatic nitrogens is 3. The number of nitrogens with zero attached hydrogens (tertiary/aromatic N) is 4. The minimum absolute atomic E-state index is 0.425. The predicted molar refractivity (Wildman–Crippen MR) is 107 cm³/mol. The van der Waals surface area contributed by atoms with Crippen molar-refractivity contribution in [2.45, 2.75) is 51.2 Å². The van der Waals surface area contributed by atoms with Crippen LogP contribution in [0.1, 0.15) is 44.3 Å². The molecular formula is C20H30N6O. The van der Waals surface area contributed by atoms with Gasteiger partial charge in [-0.2, -0.15) is 0 Å². The third-order valence-corrected chi connectivity index (χ3v) is 4.84. The topological polar surface area (TPSA) is 76.4 Å². The number of para-hydroxylation sites is 1. The molecule has 3 rings (SSSR count). The molecule has 0 atom stereocenters. The number of ether oxygens (including phenoxy) is 1. The lowest BCUT2D eigenvalue weighted by Gasteiger charge is -2.16. The van der Waals surface area contributed by atoms with Crippen LogP contribution in [0.2, 0.25) is 0 Å². The van der Waals surface area contributed by atoms with Crippen LogP contribution < -0.4 is 10.6 Å². The van der Waals surface area contributed by atoms with Crippen molar-refractivity contribution in [2.24, 2.45) is 4.99 Å². The van der Waals surface area contributed by atoms with E-state index >= 15 is 0 Å². The van der Waals surface area contributed by atoms with Gasteiger partial charge in [-0.15, -0.1) is 10.2 Å². The van der Waals surface area contributed by atoms with E-state index in [1.807, 2.05) is 34.9 Å². The van der Waals surface area contributed by atoms with E-state index in [0.717, 1.165) is 24.0 Å². The van der Waals surface area contributed by atoms with Gasteiger partial charge in [0.25, 0.3) is 0 Å². The van der Waals surface area contributed by atoms with Gasteiger partial charge in [0, 0.05) is 19.3 Å². The van der Waals surface area contributed by atoms with Gasteiger partial charge in [-0.05, 0) is 25.0 Å². The quantitative estimate of drug-likeness (QED) is 0.339. The Kier molecular flexibility index (Phi) is 7.65. The van der Waals surface area contributed by atoms with Gasteiger partial charge in [0.1, 0.15) is 6.33 Å². The number of hydrogen-bond donors (Lipinski definition) is 2. The fraction of sp³-hybridized carbons (Fsp3) is 0.550. The molecule has 0 saturated heterocycles. The number of aliphatic imine (C=N–C) groups is 1. The third-order valence-electron chi connectivity index (χ3n) is 4.84. The lowest BCUT2D eigenvalue weighted by Crippen LogP contribution is -2.39. The van der Waals surface area contributed by atoms with E-state index in [9.17, 15) is 0 Å². The Morgan fingerprint density at radius 2 is 1.93 bits per heavy atom. The summed E-state index contributed by atoms with van der Waals surface area (Å²) in [5, 5.41) is 14.8. The van der Waals surface area contributed by atoms with Crippen LogP contribution in [-0.4, -0.2) is 47.0 Å². The molecule has 0 aliphatic heterocycles. The Bertz CT molecular complexity index is 692. The summed E-state index contributed by atoms with van der Waals surface area (Å²) in [5.74, 6) is 1.57. The van der Waals surface area contributed by atoms with E-state index in [1.54, 1.807) is 13.4 Å². The highest BCUT2D eigenvalue weighted by atomic mass is 16.5. The van der Waals surface area contributed by atoms with Crippen LogP contribution in [0.25, 0.3) is 5.69 Å². The molecule has 1 aromatic heterocycles. The van der Waals surface area contributed by atoms with Crippen LogP contribution in [0.3, 0.4) is 0 Å². The normalized spacial score (nSPS) is 16.1. The van der Waals surface area contributed by atoms with E-state index in [1.165, 1.54) is 38.5 Å². The third kappa shape index (κ3) is 6.06. The van der Waals surface area contributed by atoms with E-state index in [4.69, 9.17) is 4.74 Å². The summed E-state index contributed by atoms with van der Waals surface area (Å²) in [6.45, 7) is 1.98. The maximum absolute atomic E-state index is 6.01. The first kappa shape index (κ1) is 19.4. The molecule has 1 fully saturated rings. The number of nitrogens with one attached hydrogen (secondary N) is 2. The van der Waals surface area contributed by atoms with E-state index < -0.39 is 0 Å². The second kappa shape index (κ2) is 10.7. The zero-order valence-electron chi connectivity index (χ0n) is 16.1. The summed E-state index contributed by atoms with van der Waals surface area (Å²) in [6, 6.07) is 10.1. The predicted octanol–water partition coefficient (Wildman–Crippen LogP) is 2.67. The SMILES string of the molecule is CN=C(NCCOC1CCCCCC1)NCc1nncn1-c1ccccc1. The van der Waals surface area contributed by atoms with Crippen LogP contribution in [0.5, 0.6) is 0 Å². The highest BCUT2D eigenvalue weighted by Crippen LogP contribution is 2.19. The lowest BCUT2D eigenvalue weighted by molar-refractivity contribution is 0.0468. The fourth-order valence-electron chi connectivity index (χ4n) is 3.37. The standard InChI is InChI=1S/C20H30N6O/c1-21-20(22-13-14-27-18-11-7-2-3-8-12-18)23-15-19-25-24-16-26(19)17-9-5-4-6-10-17/h4-6,9-10,16,18H,2-3,7-8,11-15H2,1H3,(H2,21,22,23). The Hall–Kier alpha value is -2.41. The highest BCUT2D eigenvalue weighted by molar-refractivity contribution is 5.79. The molecule has 7 heteroatoms. The largest absolute Gasteiger partial charge is 0.376 e. The molecule has 7 nitrogen and oxygen atoms in total. The van der Waals surface area contributed by atoms with Gasteiger partial charge in [0.15, 0.2) is 11.8 Å². The smallest absolute Gasteiger partial charge is 0.191 e. The summed E-state index contributed by atoms with van der Waals surface area (Å²) >= 11 is 0. The van der Waals surface area contributed by atoms with Crippen molar-refractivity contribution >= 4 is 5.96 Å². The minimum Gasteiger partial charge on any atom is -0.376 e. The number of rotatable bonds is 7. The van der Waals surface area contributed by atoms with Crippen molar-refractivity contribution in [3.63, 3.8) is 0 Å². The Balaban J connectivity index is 1.41. The Morgan fingerprint density at radius 1 is 1.15 bits per heavy atom. The molecule has 0 bridgehead atoms. The van der Waals surface area contributed by atoms with Crippen molar-refractivity contribution in [3.8, 4) is 5.69 Å². The van der Waals surface area contributed by atoms with Crippen LogP contribution >= 0.6 is 0 Å². The van der Waals surface area contributed by atoms with Gasteiger partial charge in [0.2, 0.25) is 0 Å². The molecule has 0 amide bonds. The minimum atomic E-state index is 0.425. The monoisotopic (exact) mass is 370 g/mol. The zero-order valence-corrected chi connectivity index (χ0v) is 16.1. The molecule has 0 unspecified atom stereocenters. The average Bonchev–Trinajstić information content (AvgIpc) is 3.03. The zero-order chi connectivity index (χ0) is 18.7. The summed E-state index contributed by atoms with van der Waals surface area (Å²) in [4.78, 5) is 4.27. The second-order valence-electron chi connectivity index (χ2n) is 6.79. The summed E-state index contributed by atoms with van der Waals surface area (Å²) < 4.78 is 7.98. The van der Waals surface area contributed by atoms with Gasteiger partial charge in [-0.3, -0.25) is 9.56 Å². The number of guanidine groups is 1. The van der Waals surface area contributed by atoms with Crippen molar-refractivity contribution in [1.82, 2.24) is 25.4 Å². The van der Waals surface area contributed by atoms with E-state index in [0.29, 0.717) is 19.3 Å². The van der Waals surface area contributed by atoms with Crippen molar-refractivity contribution in [2.75, 3.05) is 20.2 Å². The maximum atomic E-state index is 6.01. The van der Waals surface area contributed by atoms with E-state index in [2.05, 4.69) is 25.8 Å². The number of hydrogen-bond acceptors (Lipinski definition) is 4. The summed E-state index contributed by atoms with van der Waals surface area (Å²) in [5.41, 5.74) is 1.04. The second-order valence-corrected chi connectivity index (χ2v) is 6.79. The first-order valence-corrected chi connectivity index (χ1v) is 9.87. The van der Waals surface area contributed by atoms with Crippen LogP contribution in [0.4, 0.5) is 0 Å². The molecule has 0 spiro atoms. The molecule has 27 heavy (non-hydrogen) atoms. The first-order valence-electron chi connectivity index (χ1n) is 9.87. The van der Waals surface area contributed by atoms with Crippen molar-refractivity contribution in [3.05, 3.63) is 42.5 Å². The highest BCUT2D eigenvalue weighted by Gasteiger charge is 2.12. The van der Waals surface area contributed by atoms with Crippen molar-refractivity contribution in [1.29, 1.82) is 0 Å². The molecule has 1 heterocycles. The first-order chi connectivity index (χ1) is 13.4. The molecular weight excluding hydrogens is 340 g/mol. The van der Waals surface area contributed by atoms with Gasteiger partial charge in [0.05, 0.1) is 19.3 Å². The molecule has 1 aromatic carbocycles. The van der Waals surface area contributed by atoms with Crippen LogP contribution in [-0.2, 0) is 11.3 Å². The van der Waals surface area contributed by atoms with Crippen LogP contribution in [0.15, 0.2) is 41.7 Å². The molecule has 146 valence electrons. The van der Waals surface area contributed by atoms with Gasteiger partial charge < -0.3 is 15.4 Å².